The van der Waals surface area contributed by atoms with Gasteiger partial charge in [0.05, 0.1) is 16.6 Å². The van der Waals surface area contributed by atoms with E-state index in [4.69, 9.17) is 16.3 Å². The molecule has 0 amide bonds. The second-order valence-electron chi connectivity index (χ2n) is 6.01. The van der Waals surface area contributed by atoms with Gasteiger partial charge in [-0.15, -0.1) is 0 Å². The summed E-state index contributed by atoms with van der Waals surface area (Å²) in [6.07, 6.45) is 4.20. The molecule has 112 valence electrons. The number of fused-ring (bicyclic) bond motifs is 1. The van der Waals surface area contributed by atoms with Crippen molar-refractivity contribution in [1.29, 1.82) is 0 Å². The van der Waals surface area contributed by atoms with Gasteiger partial charge in [0.15, 0.2) is 0 Å². The fourth-order valence-corrected chi connectivity index (χ4v) is 3.12. The van der Waals surface area contributed by atoms with E-state index in [0.29, 0.717) is 23.1 Å². The first-order valence-electron chi connectivity index (χ1n) is 7.56. The highest BCUT2D eigenvalue weighted by Gasteiger charge is 2.25. The smallest absolute Gasteiger partial charge is 0.0908 e. The zero-order chi connectivity index (χ0) is 14.8. The van der Waals surface area contributed by atoms with Crippen LogP contribution in [0, 0.1) is 5.92 Å². The molecular formula is C17H21ClN2O. The molecule has 1 aromatic heterocycles. The van der Waals surface area contributed by atoms with Gasteiger partial charge in [-0.25, -0.2) is 0 Å². The molecule has 1 fully saturated rings. The van der Waals surface area contributed by atoms with Gasteiger partial charge in [-0.05, 0) is 43.0 Å². The molecule has 0 aliphatic carbocycles. The zero-order valence-corrected chi connectivity index (χ0v) is 13.2. The third kappa shape index (κ3) is 3.14. The summed E-state index contributed by atoms with van der Waals surface area (Å²) in [5.74, 6) is 0.554. The lowest BCUT2D eigenvalue weighted by Crippen LogP contribution is -2.36. The number of halogens is 1. The lowest BCUT2D eigenvalue weighted by Gasteiger charge is -2.33. The van der Waals surface area contributed by atoms with E-state index in [9.17, 15) is 0 Å². The molecule has 3 rings (SSSR count). The van der Waals surface area contributed by atoms with Gasteiger partial charge < -0.3 is 10.1 Å². The molecule has 0 bridgehead atoms. The molecule has 2 atom stereocenters. The van der Waals surface area contributed by atoms with Crippen LogP contribution in [-0.2, 0) is 4.74 Å². The third-order valence-corrected chi connectivity index (χ3v) is 4.44. The zero-order valence-electron chi connectivity index (χ0n) is 12.5. The summed E-state index contributed by atoms with van der Waals surface area (Å²) < 4.78 is 5.84. The van der Waals surface area contributed by atoms with E-state index in [-0.39, 0.29) is 0 Å². The number of hydrogen-bond donors (Lipinski definition) is 1. The third-order valence-electron chi connectivity index (χ3n) is 4.14. The van der Waals surface area contributed by atoms with Crippen molar-refractivity contribution in [3.63, 3.8) is 0 Å². The predicted octanol–water partition coefficient (Wildman–Crippen LogP) is 4.50. The van der Waals surface area contributed by atoms with E-state index in [1.807, 2.05) is 18.2 Å². The molecular weight excluding hydrogens is 284 g/mol. The minimum Gasteiger partial charge on any atom is -0.382 e. The maximum absolute atomic E-state index is 6.23. The van der Waals surface area contributed by atoms with Crippen LogP contribution in [0.4, 0.5) is 5.69 Å². The minimum absolute atomic E-state index is 0.341. The Morgan fingerprint density at radius 2 is 2.19 bits per heavy atom. The lowest BCUT2D eigenvalue weighted by molar-refractivity contribution is -0.0160. The van der Waals surface area contributed by atoms with E-state index < -0.39 is 0 Å². The summed E-state index contributed by atoms with van der Waals surface area (Å²) in [6.45, 7) is 5.26. The molecule has 3 nitrogen and oxygen atoms in total. The number of anilines is 1. The van der Waals surface area contributed by atoms with Crippen molar-refractivity contribution in [3.8, 4) is 0 Å². The summed E-state index contributed by atoms with van der Waals surface area (Å²) in [5, 5.41) is 5.44. The van der Waals surface area contributed by atoms with Crippen LogP contribution in [0.2, 0.25) is 5.02 Å². The highest BCUT2D eigenvalue weighted by molar-refractivity contribution is 6.35. The fourth-order valence-electron chi connectivity index (χ4n) is 2.91. The number of nitrogens with one attached hydrogen (secondary N) is 1. The molecule has 0 spiro atoms. The number of ether oxygens (including phenoxy) is 1. The van der Waals surface area contributed by atoms with Gasteiger partial charge in [-0.2, -0.15) is 0 Å². The molecule has 2 heterocycles. The van der Waals surface area contributed by atoms with Gasteiger partial charge in [0.1, 0.15) is 0 Å². The van der Waals surface area contributed by atoms with Gasteiger partial charge in [0, 0.05) is 29.9 Å². The number of nitrogens with zero attached hydrogens (tertiary/aromatic N) is 1. The number of benzene rings is 1. The molecule has 1 aliphatic heterocycles. The Balaban J connectivity index is 1.83. The van der Waals surface area contributed by atoms with Crippen molar-refractivity contribution in [3.05, 3.63) is 35.5 Å². The van der Waals surface area contributed by atoms with Crippen molar-refractivity contribution in [2.75, 3.05) is 11.9 Å². The normalized spacial score (nSPS) is 22.7. The second-order valence-corrected chi connectivity index (χ2v) is 6.42. The summed E-state index contributed by atoms with van der Waals surface area (Å²) in [4.78, 5) is 4.38. The summed E-state index contributed by atoms with van der Waals surface area (Å²) in [5.41, 5.74) is 1.97. The quantitative estimate of drug-likeness (QED) is 0.906. The summed E-state index contributed by atoms with van der Waals surface area (Å²) in [7, 11) is 0. The Hall–Kier alpha value is -1.32. The molecule has 2 aromatic rings. The number of hydrogen-bond acceptors (Lipinski definition) is 3. The van der Waals surface area contributed by atoms with Crippen LogP contribution < -0.4 is 5.32 Å². The molecule has 1 N–H and O–H groups in total. The molecule has 2 unspecified atom stereocenters. The van der Waals surface area contributed by atoms with Crippen molar-refractivity contribution < 1.29 is 4.74 Å². The number of pyridine rings is 1. The number of aromatic nitrogens is 1. The Morgan fingerprint density at radius 1 is 1.33 bits per heavy atom. The molecule has 1 saturated heterocycles. The summed E-state index contributed by atoms with van der Waals surface area (Å²) in [6, 6.07) is 8.42. The summed E-state index contributed by atoms with van der Waals surface area (Å²) >= 11 is 6.23. The Labute approximate surface area is 130 Å². The van der Waals surface area contributed by atoms with Gasteiger partial charge >= 0.3 is 0 Å². The average molecular weight is 305 g/mol. The van der Waals surface area contributed by atoms with Gasteiger partial charge in [-0.1, -0.05) is 25.4 Å². The van der Waals surface area contributed by atoms with Crippen molar-refractivity contribution in [2.45, 2.75) is 38.8 Å². The first-order valence-corrected chi connectivity index (χ1v) is 7.94. The van der Waals surface area contributed by atoms with Crippen LogP contribution >= 0.6 is 11.6 Å². The van der Waals surface area contributed by atoms with E-state index >= 15 is 0 Å². The van der Waals surface area contributed by atoms with E-state index in [1.54, 1.807) is 6.20 Å². The number of rotatable bonds is 3. The first-order chi connectivity index (χ1) is 10.1. The predicted molar refractivity (Wildman–Crippen MR) is 88.0 cm³/mol. The highest BCUT2D eigenvalue weighted by Crippen LogP contribution is 2.30. The van der Waals surface area contributed by atoms with E-state index in [2.05, 4.69) is 30.2 Å². The maximum atomic E-state index is 6.23. The largest absolute Gasteiger partial charge is 0.382 e. The van der Waals surface area contributed by atoms with Crippen molar-refractivity contribution >= 4 is 28.2 Å². The topological polar surface area (TPSA) is 34.2 Å². The Bertz CT molecular complexity index is 629. The Kier molecular flexibility index (Phi) is 4.32. The van der Waals surface area contributed by atoms with Crippen LogP contribution in [0.15, 0.2) is 30.5 Å². The van der Waals surface area contributed by atoms with E-state index in [0.717, 1.165) is 36.0 Å². The SMILES string of the molecule is CC(C)C1CC(Nc2ccc(Cl)c3ncccc23)CCO1. The Morgan fingerprint density at radius 3 is 3.00 bits per heavy atom. The maximum Gasteiger partial charge on any atom is 0.0908 e. The minimum atomic E-state index is 0.341. The van der Waals surface area contributed by atoms with Crippen LogP contribution in [0.25, 0.3) is 10.9 Å². The molecule has 1 aromatic carbocycles. The van der Waals surface area contributed by atoms with Crippen LogP contribution in [0.5, 0.6) is 0 Å². The van der Waals surface area contributed by atoms with Gasteiger partial charge in [0.25, 0.3) is 0 Å². The van der Waals surface area contributed by atoms with Crippen molar-refractivity contribution in [2.24, 2.45) is 5.92 Å². The van der Waals surface area contributed by atoms with E-state index in [1.165, 1.54) is 0 Å². The average Bonchev–Trinajstić information content (AvgIpc) is 2.51. The standard InChI is InChI=1S/C17H21ClN2O/c1-11(2)16-10-12(7-9-21-16)20-15-6-5-14(18)17-13(15)4-3-8-19-17/h3-6,8,11-12,16,20H,7,9-10H2,1-2H3. The van der Waals surface area contributed by atoms with Crippen molar-refractivity contribution in [1.82, 2.24) is 4.98 Å². The molecule has 21 heavy (non-hydrogen) atoms. The fraction of sp³-hybridized carbons (Fsp3) is 0.471. The lowest BCUT2D eigenvalue weighted by atomic mass is 9.95. The van der Waals surface area contributed by atoms with Gasteiger partial charge in [0.2, 0.25) is 0 Å². The molecule has 1 aliphatic rings. The van der Waals surface area contributed by atoms with Crippen LogP contribution in [0.3, 0.4) is 0 Å². The van der Waals surface area contributed by atoms with Crippen LogP contribution in [-0.4, -0.2) is 23.7 Å². The molecule has 0 radical (unpaired) electrons. The van der Waals surface area contributed by atoms with Gasteiger partial charge in [-0.3, -0.25) is 4.98 Å². The molecule has 0 saturated carbocycles. The highest BCUT2D eigenvalue weighted by atomic mass is 35.5. The monoisotopic (exact) mass is 304 g/mol. The second kappa shape index (κ2) is 6.20. The molecule has 4 heteroatoms. The first kappa shape index (κ1) is 14.6. The van der Waals surface area contributed by atoms with Crippen LogP contribution in [0.1, 0.15) is 26.7 Å².